The molecule has 1 aromatic carbocycles. The standard InChI is InChI=1S/C10H12Br2N2O2/c1-5(10(14)15)16-9-7(11)2-6(4-13)3-8(9)12/h2-3,5H,4,13H2,1H3,(H2,14,15). The second kappa shape index (κ2) is 5.65. The number of benzene rings is 1. The quantitative estimate of drug-likeness (QED) is 0.869. The molecule has 0 heterocycles. The fourth-order valence-electron chi connectivity index (χ4n) is 1.08. The summed E-state index contributed by atoms with van der Waals surface area (Å²) in [6.07, 6.45) is -0.684. The third-order valence-corrected chi connectivity index (χ3v) is 3.17. The van der Waals surface area contributed by atoms with E-state index >= 15 is 0 Å². The summed E-state index contributed by atoms with van der Waals surface area (Å²) in [5.41, 5.74) is 11.6. The lowest BCUT2D eigenvalue weighted by Crippen LogP contribution is -2.30. The van der Waals surface area contributed by atoms with Gasteiger partial charge in [-0.05, 0) is 56.5 Å². The molecule has 0 aromatic heterocycles. The first-order valence-corrected chi connectivity index (χ1v) is 6.18. The molecule has 6 heteroatoms. The number of rotatable bonds is 4. The van der Waals surface area contributed by atoms with Crippen LogP contribution in [0.25, 0.3) is 0 Å². The number of amides is 1. The van der Waals surface area contributed by atoms with Crippen LogP contribution in [0, 0.1) is 0 Å². The first-order valence-electron chi connectivity index (χ1n) is 4.59. The van der Waals surface area contributed by atoms with Gasteiger partial charge >= 0.3 is 0 Å². The largest absolute Gasteiger partial charge is 0.479 e. The van der Waals surface area contributed by atoms with Gasteiger partial charge in [-0.25, -0.2) is 0 Å². The van der Waals surface area contributed by atoms with E-state index in [9.17, 15) is 4.79 Å². The average molecular weight is 352 g/mol. The Morgan fingerprint density at radius 3 is 2.31 bits per heavy atom. The van der Waals surface area contributed by atoms with Crippen LogP contribution >= 0.6 is 31.9 Å². The number of carbonyl (C=O) groups is 1. The van der Waals surface area contributed by atoms with Crippen molar-refractivity contribution in [1.29, 1.82) is 0 Å². The van der Waals surface area contributed by atoms with E-state index in [0.717, 1.165) is 14.5 Å². The molecule has 88 valence electrons. The third-order valence-electron chi connectivity index (χ3n) is 1.99. The molecule has 4 nitrogen and oxygen atoms in total. The number of primary amides is 1. The second-order valence-corrected chi connectivity index (χ2v) is 4.96. The first-order chi connectivity index (χ1) is 7.45. The molecule has 1 aromatic rings. The Labute approximate surface area is 111 Å². The van der Waals surface area contributed by atoms with Gasteiger partial charge in [-0.15, -0.1) is 0 Å². The summed E-state index contributed by atoms with van der Waals surface area (Å²) in [5, 5.41) is 0. The van der Waals surface area contributed by atoms with Crippen LogP contribution in [0.1, 0.15) is 12.5 Å². The summed E-state index contributed by atoms with van der Waals surface area (Å²) in [7, 11) is 0. The van der Waals surface area contributed by atoms with Gasteiger partial charge in [-0.3, -0.25) is 4.79 Å². The minimum atomic E-state index is -0.684. The Morgan fingerprint density at radius 2 is 1.94 bits per heavy atom. The van der Waals surface area contributed by atoms with Crippen molar-refractivity contribution in [2.45, 2.75) is 19.6 Å². The Morgan fingerprint density at radius 1 is 1.44 bits per heavy atom. The SMILES string of the molecule is CC(Oc1c(Br)cc(CN)cc1Br)C(N)=O. The normalized spacial score (nSPS) is 12.2. The second-order valence-electron chi connectivity index (χ2n) is 3.26. The number of halogens is 2. The van der Waals surface area contributed by atoms with Crippen molar-refractivity contribution in [3.8, 4) is 5.75 Å². The van der Waals surface area contributed by atoms with Crippen LogP contribution in [0.3, 0.4) is 0 Å². The van der Waals surface area contributed by atoms with Crippen LogP contribution < -0.4 is 16.2 Å². The monoisotopic (exact) mass is 350 g/mol. The zero-order valence-electron chi connectivity index (χ0n) is 8.67. The molecule has 0 aliphatic rings. The number of hydrogen-bond donors (Lipinski definition) is 2. The van der Waals surface area contributed by atoms with Crippen LogP contribution in [-0.4, -0.2) is 12.0 Å². The van der Waals surface area contributed by atoms with Crippen LogP contribution in [0.2, 0.25) is 0 Å². The molecule has 0 aliphatic carbocycles. The molecule has 1 rings (SSSR count). The third kappa shape index (κ3) is 3.20. The van der Waals surface area contributed by atoms with E-state index < -0.39 is 12.0 Å². The van der Waals surface area contributed by atoms with Crippen LogP contribution in [0.5, 0.6) is 5.75 Å². The van der Waals surface area contributed by atoms with Gasteiger partial charge in [0, 0.05) is 6.54 Å². The molecule has 0 saturated carbocycles. The van der Waals surface area contributed by atoms with Gasteiger partial charge in [-0.2, -0.15) is 0 Å². The summed E-state index contributed by atoms with van der Waals surface area (Å²) in [6, 6.07) is 3.68. The molecule has 4 N–H and O–H groups in total. The van der Waals surface area contributed by atoms with Crippen LogP contribution in [0.15, 0.2) is 21.1 Å². The lowest BCUT2D eigenvalue weighted by molar-refractivity contribution is -0.124. The van der Waals surface area contributed by atoms with Crippen molar-refractivity contribution in [3.05, 3.63) is 26.6 Å². The maximum absolute atomic E-state index is 10.9. The minimum absolute atomic E-state index is 0.433. The van der Waals surface area contributed by atoms with Crippen molar-refractivity contribution < 1.29 is 9.53 Å². The molecule has 1 atom stereocenters. The topological polar surface area (TPSA) is 78.3 Å². The predicted octanol–water partition coefficient (Wildman–Crippen LogP) is 1.92. The minimum Gasteiger partial charge on any atom is -0.479 e. The predicted molar refractivity (Wildman–Crippen MR) is 69.0 cm³/mol. The molecule has 0 aliphatic heterocycles. The van der Waals surface area contributed by atoms with E-state index in [1.165, 1.54) is 0 Å². The van der Waals surface area contributed by atoms with E-state index in [1.54, 1.807) is 6.92 Å². The van der Waals surface area contributed by atoms with E-state index in [4.69, 9.17) is 16.2 Å². The molecule has 0 bridgehead atoms. The molecule has 0 radical (unpaired) electrons. The molecule has 16 heavy (non-hydrogen) atoms. The lowest BCUT2D eigenvalue weighted by atomic mass is 10.2. The summed E-state index contributed by atoms with van der Waals surface area (Å²) < 4.78 is 6.89. The van der Waals surface area contributed by atoms with Gasteiger partial charge in [0.25, 0.3) is 5.91 Å². The molecule has 0 saturated heterocycles. The summed E-state index contributed by atoms with van der Waals surface area (Å²) in [4.78, 5) is 10.9. The van der Waals surface area contributed by atoms with Crippen molar-refractivity contribution in [2.24, 2.45) is 11.5 Å². The van der Waals surface area contributed by atoms with Crippen LogP contribution in [0.4, 0.5) is 0 Å². The number of carbonyl (C=O) groups excluding carboxylic acids is 1. The zero-order valence-corrected chi connectivity index (χ0v) is 11.8. The maximum atomic E-state index is 10.9. The van der Waals surface area contributed by atoms with Gasteiger partial charge < -0.3 is 16.2 Å². The Kier molecular flexibility index (Phi) is 4.76. The van der Waals surface area contributed by atoms with E-state index in [-0.39, 0.29) is 0 Å². The van der Waals surface area contributed by atoms with E-state index in [0.29, 0.717) is 12.3 Å². The van der Waals surface area contributed by atoms with Crippen molar-refractivity contribution in [3.63, 3.8) is 0 Å². The molecule has 0 fully saturated rings. The molecule has 0 spiro atoms. The van der Waals surface area contributed by atoms with Crippen molar-refractivity contribution in [1.82, 2.24) is 0 Å². The van der Waals surface area contributed by atoms with E-state index in [1.807, 2.05) is 12.1 Å². The van der Waals surface area contributed by atoms with Crippen molar-refractivity contribution in [2.75, 3.05) is 0 Å². The molecular weight excluding hydrogens is 340 g/mol. The maximum Gasteiger partial charge on any atom is 0.258 e. The summed E-state index contributed by atoms with van der Waals surface area (Å²) >= 11 is 6.71. The number of hydrogen-bond acceptors (Lipinski definition) is 3. The van der Waals surface area contributed by atoms with Gasteiger partial charge in [-0.1, -0.05) is 0 Å². The van der Waals surface area contributed by atoms with Gasteiger partial charge in [0.15, 0.2) is 6.10 Å². The summed E-state index contributed by atoms with van der Waals surface area (Å²) in [6.45, 7) is 2.03. The van der Waals surface area contributed by atoms with E-state index in [2.05, 4.69) is 31.9 Å². The molecule has 1 amide bonds. The first kappa shape index (κ1) is 13.5. The Balaban J connectivity index is 3.01. The molecular formula is C10H12Br2N2O2. The highest BCUT2D eigenvalue weighted by atomic mass is 79.9. The van der Waals surface area contributed by atoms with Crippen LogP contribution in [-0.2, 0) is 11.3 Å². The highest BCUT2D eigenvalue weighted by Crippen LogP contribution is 2.35. The highest BCUT2D eigenvalue weighted by molar-refractivity contribution is 9.11. The number of ether oxygens (including phenoxy) is 1. The van der Waals surface area contributed by atoms with Crippen molar-refractivity contribution >= 4 is 37.8 Å². The fraction of sp³-hybridized carbons (Fsp3) is 0.300. The summed E-state index contributed by atoms with van der Waals surface area (Å²) in [5.74, 6) is 0.0326. The smallest absolute Gasteiger partial charge is 0.258 e. The van der Waals surface area contributed by atoms with Gasteiger partial charge in [0.2, 0.25) is 0 Å². The number of nitrogens with two attached hydrogens (primary N) is 2. The van der Waals surface area contributed by atoms with Gasteiger partial charge in [0.1, 0.15) is 5.75 Å². The highest BCUT2D eigenvalue weighted by Gasteiger charge is 2.15. The Hall–Kier alpha value is -0.590. The zero-order chi connectivity index (χ0) is 12.3. The lowest BCUT2D eigenvalue weighted by Gasteiger charge is -2.15. The fourth-order valence-corrected chi connectivity index (χ4v) is 2.55. The van der Waals surface area contributed by atoms with Gasteiger partial charge in [0.05, 0.1) is 8.95 Å². The molecule has 1 unspecified atom stereocenters. The average Bonchev–Trinajstić information content (AvgIpc) is 2.22. The Bertz CT molecular complexity index is 387.